The molecule has 0 aliphatic rings. The van der Waals surface area contributed by atoms with Gasteiger partial charge in [0.05, 0.1) is 17.1 Å². The van der Waals surface area contributed by atoms with E-state index in [0.717, 1.165) is 15.6 Å². The van der Waals surface area contributed by atoms with Crippen molar-refractivity contribution in [3.63, 3.8) is 0 Å². The fraction of sp³-hybridized carbons (Fsp3) is 0.500. The summed E-state index contributed by atoms with van der Waals surface area (Å²) in [5.74, 6) is -0.0498. The van der Waals surface area contributed by atoms with Crippen LogP contribution in [-0.4, -0.2) is 24.9 Å². The topological polar surface area (TPSA) is 54.4 Å². The monoisotopic (exact) mass is 320 g/mol. The van der Waals surface area contributed by atoms with Crippen LogP contribution in [0.3, 0.4) is 0 Å². The van der Waals surface area contributed by atoms with E-state index in [1.807, 2.05) is 19.1 Å². The number of benzene rings is 1. The van der Waals surface area contributed by atoms with Crippen LogP contribution in [0.1, 0.15) is 25.0 Å². The Morgan fingerprint density at radius 3 is 2.47 bits per heavy atom. The van der Waals surface area contributed by atoms with Gasteiger partial charge < -0.3 is 5.11 Å². The van der Waals surface area contributed by atoms with Gasteiger partial charge in [-0.2, -0.15) is 0 Å². The number of hydrogen-bond donors (Lipinski definition) is 1. The Balaban J connectivity index is 3.12. The van der Waals surface area contributed by atoms with Crippen LogP contribution in [0.25, 0.3) is 0 Å². The molecular formula is C12H17BrO3S. The van der Waals surface area contributed by atoms with Gasteiger partial charge in [0, 0.05) is 4.47 Å². The van der Waals surface area contributed by atoms with Crippen molar-refractivity contribution in [1.29, 1.82) is 0 Å². The number of halogens is 1. The highest BCUT2D eigenvalue weighted by molar-refractivity contribution is 9.10. The first-order valence-electron chi connectivity index (χ1n) is 5.28. The van der Waals surface area contributed by atoms with Crippen LogP contribution in [0.2, 0.25) is 0 Å². The summed E-state index contributed by atoms with van der Waals surface area (Å²) in [7, 11) is -3.37. The molecule has 0 aliphatic carbocycles. The fourth-order valence-electron chi connectivity index (χ4n) is 1.31. The zero-order chi connectivity index (χ0) is 13.3. The van der Waals surface area contributed by atoms with Gasteiger partial charge in [0.15, 0.2) is 9.84 Å². The zero-order valence-electron chi connectivity index (χ0n) is 10.2. The molecule has 0 amide bonds. The van der Waals surface area contributed by atoms with Crippen LogP contribution >= 0.6 is 15.9 Å². The second kappa shape index (κ2) is 5.08. The Morgan fingerprint density at radius 2 is 1.94 bits per heavy atom. The maximum absolute atomic E-state index is 12.1. The molecule has 0 aliphatic heterocycles. The Morgan fingerprint density at radius 1 is 1.35 bits per heavy atom. The Kier molecular flexibility index (Phi) is 4.38. The third-order valence-corrected chi connectivity index (χ3v) is 6.31. The van der Waals surface area contributed by atoms with Crippen molar-refractivity contribution in [3.8, 4) is 0 Å². The predicted octanol–water partition coefficient (Wildman–Crippen LogP) is 2.44. The highest BCUT2D eigenvalue weighted by atomic mass is 79.9. The van der Waals surface area contributed by atoms with E-state index in [1.54, 1.807) is 6.07 Å². The number of hydrogen-bond acceptors (Lipinski definition) is 3. The summed E-state index contributed by atoms with van der Waals surface area (Å²) in [5.41, 5.74) is 1.69. The van der Waals surface area contributed by atoms with Crippen LogP contribution in [0, 0.1) is 6.92 Å². The van der Waals surface area contributed by atoms with E-state index in [1.165, 1.54) is 13.8 Å². The van der Waals surface area contributed by atoms with Crippen molar-refractivity contribution in [1.82, 2.24) is 0 Å². The van der Waals surface area contributed by atoms with Crippen molar-refractivity contribution in [3.05, 3.63) is 33.8 Å². The van der Waals surface area contributed by atoms with Crippen molar-refractivity contribution >= 4 is 25.8 Å². The van der Waals surface area contributed by atoms with E-state index in [0.29, 0.717) is 0 Å². The van der Waals surface area contributed by atoms with E-state index in [9.17, 15) is 8.42 Å². The molecule has 0 radical (unpaired) electrons. The Hall–Kier alpha value is -0.390. The maximum Gasteiger partial charge on any atom is 0.161 e. The van der Waals surface area contributed by atoms with Crippen LogP contribution in [0.15, 0.2) is 22.7 Å². The van der Waals surface area contributed by atoms with Crippen LogP contribution in [0.4, 0.5) is 0 Å². The number of sulfone groups is 1. The third kappa shape index (κ3) is 3.09. The minimum absolute atomic E-state index is 0.0498. The number of aliphatic hydroxyl groups is 1. The second-order valence-corrected chi connectivity index (χ2v) is 8.18. The summed E-state index contributed by atoms with van der Waals surface area (Å²) in [5, 5.41) is 9.14. The molecule has 1 rings (SSSR count). The van der Waals surface area contributed by atoms with Gasteiger partial charge in [-0.3, -0.25) is 0 Å². The fourth-order valence-corrected chi connectivity index (χ4v) is 3.02. The first-order valence-corrected chi connectivity index (χ1v) is 7.73. The standard InChI is InChI=1S/C12H17BrO3S/c1-9-10(5-4-6-11(9)13)7-17(15,16)12(2,3)8-14/h4-6,14H,7-8H2,1-3H3. The van der Waals surface area contributed by atoms with Gasteiger partial charge in [0.25, 0.3) is 0 Å². The summed E-state index contributed by atoms with van der Waals surface area (Å²) >= 11 is 3.38. The third-order valence-electron chi connectivity index (χ3n) is 2.95. The predicted molar refractivity (Wildman–Crippen MR) is 72.7 cm³/mol. The summed E-state index contributed by atoms with van der Waals surface area (Å²) in [6.45, 7) is 4.58. The number of rotatable bonds is 4. The summed E-state index contributed by atoms with van der Waals surface area (Å²) < 4.78 is 24.1. The van der Waals surface area contributed by atoms with E-state index in [-0.39, 0.29) is 12.4 Å². The van der Waals surface area contributed by atoms with Crippen molar-refractivity contribution in [2.45, 2.75) is 31.3 Å². The largest absolute Gasteiger partial charge is 0.395 e. The molecule has 1 aromatic carbocycles. The molecule has 1 aromatic rings. The minimum atomic E-state index is -3.37. The van der Waals surface area contributed by atoms with Gasteiger partial charge in [-0.05, 0) is 38.0 Å². The minimum Gasteiger partial charge on any atom is -0.395 e. The van der Waals surface area contributed by atoms with Gasteiger partial charge in [0.2, 0.25) is 0 Å². The Labute approximate surface area is 111 Å². The molecule has 0 bridgehead atoms. The lowest BCUT2D eigenvalue weighted by Gasteiger charge is -2.22. The summed E-state index contributed by atoms with van der Waals surface area (Å²) in [6, 6.07) is 5.49. The molecule has 0 heterocycles. The molecule has 17 heavy (non-hydrogen) atoms. The van der Waals surface area contributed by atoms with Gasteiger partial charge in [-0.25, -0.2) is 8.42 Å². The molecule has 0 saturated heterocycles. The van der Waals surface area contributed by atoms with Crippen LogP contribution in [-0.2, 0) is 15.6 Å². The highest BCUT2D eigenvalue weighted by Crippen LogP contribution is 2.25. The first kappa shape index (κ1) is 14.7. The summed E-state index contributed by atoms with van der Waals surface area (Å²) in [4.78, 5) is 0. The normalized spacial score (nSPS) is 12.8. The first-order chi connectivity index (χ1) is 7.71. The average Bonchev–Trinajstić information content (AvgIpc) is 2.24. The van der Waals surface area contributed by atoms with Gasteiger partial charge >= 0.3 is 0 Å². The van der Waals surface area contributed by atoms with Gasteiger partial charge in [-0.1, -0.05) is 28.1 Å². The van der Waals surface area contributed by atoms with Gasteiger partial charge in [0.1, 0.15) is 0 Å². The molecule has 0 atom stereocenters. The molecule has 0 unspecified atom stereocenters. The second-order valence-electron chi connectivity index (χ2n) is 4.70. The lowest BCUT2D eigenvalue weighted by molar-refractivity contribution is 0.258. The van der Waals surface area contributed by atoms with E-state index >= 15 is 0 Å². The lowest BCUT2D eigenvalue weighted by Crippen LogP contribution is -2.36. The van der Waals surface area contributed by atoms with E-state index in [4.69, 9.17) is 5.11 Å². The number of aliphatic hydroxyl groups excluding tert-OH is 1. The zero-order valence-corrected chi connectivity index (χ0v) is 12.6. The average molecular weight is 321 g/mol. The quantitative estimate of drug-likeness (QED) is 0.927. The molecule has 0 fully saturated rings. The smallest absolute Gasteiger partial charge is 0.161 e. The molecule has 1 N–H and O–H groups in total. The van der Waals surface area contributed by atoms with Crippen molar-refractivity contribution in [2.24, 2.45) is 0 Å². The molecule has 3 nitrogen and oxygen atoms in total. The van der Waals surface area contributed by atoms with Crippen molar-refractivity contribution in [2.75, 3.05) is 6.61 Å². The van der Waals surface area contributed by atoms with E-state index < -0.39 is 14.6 Å². The van der Waals surface area contributed by atoms with Gasteiger partial charge in [-0.15, -0.1) is 0 Å². The molecule has 5 heteroatoms. The summed E-state index contributed by atoms with van der Waals surface area (Å²) in [6.07, 6.45) is 0. The molecule has 96 valence electrons. The van der Waals surface area contributed by atoms with E-state index in [2.05, 4.69) is 15.9 Å². The Bertz CT molecular complexity index is 506. The molecule has 0 spiro atoms. The SMILES string of the molecule is Cc1c(Br)cccc1CS(=O)(=O)C(C)(C)CO. The molecule has 0 saturated carbocycles. The lowest BCUT2D eigenvalue weighted by atomic mass is 10.1. The molecular weight excluding hydrogens is 304 g/mol. The van der Waals surface area contributed by atoms with Crippen LogP contribution in [0.5, 0.6) is 0 Å². The van der Waals surface area contributed by atoms with Crippen LogP contribution < -0.4 is 0 Å². The highest BCUT2D eigenvalue weighted by Gasteiger charge is 2.33. The molecule has 0 aromatic heterocycles. The van der Waals surface area contributed by atoms with Crippen molar-refractivity contribution < 1.29 is 13.5 Å². The maximum atomic E-state index is 12.1.